The van der Waals surface area contributed by atoms with Gasteiger partial charge in [0.1, 0.15) is 6.04 Å². The molecule has 1 aromatic rings. The second-order valence-electron chi connectivity index (χ2n) is 12.6. The summed E-state index contributed by atoms with van der Waals surface area (Å²) >= 11 is 4.90. The van der Waals surface area contributed by atoms with Gasteiger partial charge in [-0.25, -0.2) is 0 Å². The van der Waals surface area contributed by atoms with Gasteiger partial charge >= 0.3 is 5.97 Å². The van der Waals surface area contributed by atoms with Gasteiger partial charge in [0.15, 0.2) is 0 Å². The van der Waals surface area contributed by atoms with E-state index < -0.39 is 12.0 Å². The Balaban J connectivity index is 1.30. The zero-order chi connectivity index (χ0) is 31.6. The van der Waals surface area contributed by atoms with Gasteiger partial charge in [0.2, 0.25) is 0 Å². The van der Waals surface area contributed by atoms with Crippen LogP contribution >= 0.6 is 63.9 Å². The largest absolute Gasteiger partial charge is 0.480 e. The Morgan fingerprint density at radius 1 is 1.20 bits per heavy atom. The lowest BCUT2D eigenvalue weighted by molar-refractivity contribution is -0.143. The van der Waals surface area contributed by atoms with Gasteiger partial charge in [0, 0.05) is 26.3 Å². The molecule has 0 spiro atoms. The lowest BCUT2D eigenvalue weighted by Crippen LogP contribution is -2.34. The quantitative estimate of drug-likeness (QED) is 0.0510. The van der Waals surface area contributed by atoms with E-state index in [2.05, 4.69) is 97.9 Å². The lowest BCUT2D eigenvalue weighted by atomic mass is 9.96. The molecule has 2 fully saturated rings. The summed E-state index contributed by atoms with van der Waals surface area (Å²) < 4.78 is 15.4. The van der Waals surface area contributed by atoms with Crippen molar-refractivity contribution >= 4 is 75.2 Å². The first-order valence-corrected chi connectivity index (χ1v) is 19.4. The van der Waals surface area contributed by atoms with E-state index >= 15 is 0 Å². The number of rotatable bonds is 14. The van der Waals surface area contributed by atoms with Gasteiger partial charge in [-0.05, 0) is 140 Å². The Labute approximate surface area is 297 Å². The van der Waals surface area contributed by atoms with Crippen molar-refractivity contribution in [1.29, 1.82) is 0 Å². The van der Waals surface area contributed by atoms with Crippen molar-refractivity contribution in [2.24, 2.45) is 5.92 Å². The number of unbranched alkanes of at least 4 members (excludes halogenated alkanes) is 1. The Morgan fingerprint density at radius 2 is 1.98 bits per heavy atom. The number of hydrogen-bond acceptors (Lipinski definition) is 5. The summed E-state index contributed by atoms with van der Waals surface area (Å²) in [6.07, 6.45) is 14.7. The Morgan fingerprint density at radius 3 is 2.70 bits per heavy atom. The highest BCUT2D eigenvalue weighted by Gasteiger charge is 2.36. The number of carbonyl (C=O) groups is 1. The highest BCUT2D eigenvalue weighted by atomic mass is 127. The minimum absolute atomic E-state index is 0.174. The molecule has 3 aliphatic heterocycles. The molecule has 0 aromatic heterocycles. The van der Waals surface area contributed by atoms with Gasteiger partial charge < -0.3 is 17.7 Å². The fraction of sp³-hybridized carbons (Fsp3) is 0.618. The molecule has 1 aromatic carbocycles. The van der Waals surface area contributed by atoms with Crippen LogP contribution in [-0.2, 0) is 20.9 Å². The first kappa shape index (κ1) is 36.7. The van der Waals surface area contributed by atoms with E-state index in [9.17, 15) is 9.90 Å². The highest BCUT2D eigenvalue weighted by molar-refractivity contribution is 14.1. The molecule has 10 heteroatoms. The molecule has 6 nitrogen and oxygen atoms in total. The van der Waals surface area contributed by atoms with Crippen LogP contribution in [0.3, 0.4) is 0 Å². The molecule has 4 unspecified atom stereocenters. The molecule has 1 N–H and O–H groups in total. The molecule has 0 bridgehead atoms. The van der Waals surface area contributed by atoms with Crippen molar-refractivity contribution < 1.29 is 19.4 Å². The van der Waals surface area contributed by atoms with Crippen LogP contribution in [0.1, 0.15) is 88.8 Å². The third-order valence-electron chi connectivity index (χ3n) is 9.21. The normalized spacial score (nSPS) is 21.7. The molecule has 3 heterocycles. The number of benzene rings is 1. The number of aliphatic carboxylic acids is 1. The molecule has 0 amide bonds. The maximum Gasteiger partial charge on any atom is 0.325 e. The first-order chi connectivity index (χ1) is 21.1. The predicted molar refractivity (Wildman–Crippen MR) is 205 cm³/mol. The predicted octanol–water partition coefficient (Wildman–Crippen LogP) is 8.12. The van der Waals surface area contributed by atoms with E-state index in [1.807, 2.05) is 18.2 Å². The van der Waals surface area contributed by atoms with Crippen molar-refractivity contribution in [3.8, 4) is 0 Å². The van der Waals surface area contributed by atoms with Gasteiger partial charge in [0.05, 0.1) is 39.3 Å². The molecule has 244 valence electrons. The van der Waals surface area contributed by atoms with E-state index in [1.165, 1.54) is 39.7 Å². The maximum atomic E-state index is 12.7. The standard InChI is InChI=1S/C34H50I2N2O4P2/c1-23(2)24(9-10-25-7-5-16-38(36)33(25)35)6-3-4-8-31(44)26-13-17-37(21-26)32(34(39)40)30-20-29(43)12-11-27(30)22-42-28-14-18-41-19-15-28/h9-12,20,26,28,31-32H,3-8,13-19,21-22,43-44H2,1-2H3,(H,39,40)/b10-9-/t26-,31?,32?/m1/s1. The van der Waals surface area contributed by atoms with E-state index in [-0.39, 0.29) is 6.10 Å². The topological polar surface area (TPSA) is 62.2 Å². The maximum absolute atomic E-state index is 12.7. The molecule has 44 heavy (non-hydrogen) atoms. The van der Waals surface area contributed by atoms with Gasteiger partial charge in [-0.1, -0.05) is 36.3 Å². The monoisotopic (exact) mass is 866 g/mol. The van der Waals surface area contributed by atoms with Crippen molar-refractivity contribution in [1.82, 2.24) is 8.01 Å². The number of allylic oxidation sites excluding steroid dienone is 5. The summed E-state index contributed by atoms with van der Waals surface area (Å²) in [6.45, 7) is 9.11. The van der Waals surface area contributed by atoms with Crippen LogP contribution in [0.4, 0.5) is 0 Å². The van der Waals surface area contributed by atoms with Gasteiger partial charge in [-0.3, -0.25) is 9.69 Å². The smallest absolute Gasteiger partial charge is 0.325 e. The number of carboxylic acid groups (broad SMARTS) is 1. The average molecular weight is 867 g/mol. The van der Waals surface area contributed by atoms with E-state index in [4.69, 9.17) is 9.47 Å². The van der Waals surface area contributed by atoms with Gasteiger partial charge in [-0.15, -0.1) is 18.5 Å². The Bertz CT molecular complexity index is 1210. The Hall–Kier alpha value is -0.0900. The van der Waals surface area contributed by atoms with Crippen molar-refractivity contribution in [3.63, 3.8) is 0 Å². The minimum Gasteiger partial charge on any atom is -0.480 e. The Kier molecular flexibility index (Phi) is 15.4. The first-order valence-electron chi connectivity index (χ1n) is 16.1. The number of likely N-dealkylation sites (tertiary alicyclic amines) is 1. The molecule has 3 aliphatic rings. The molecule has 2 saturated heterocycles. The molecule has 0 saturated carbocycles. The minimum atomic E-state index is -0.777. The van der Waals surface area contributed by atoms with Crippen LogP contribution in [-0.4, -0.2) is 63.7 Å². The van der Waals surface area contributed by atoms with Crippen LogP contribution < -0.4 is 5.30 Å². The second-order valence-corrected chi connectivity index (χ2v) is 16.3. The zero-order valence-corrected chi connectivity index (χ0v) is 32.9. The fourth-order valence-electron chi connectivity index (χ4n) is 6.48. The number of halogens is 2. The van der Waals surface area contributed by atoms with Crippen molar-refractivity contribution in [2.45, 2.75) is 96.0 Å². The second kappa shape index (κ2) is 18.5. The molecule has 5 atom stereocenters. The summed E-state index contributed by atoms with van der Waals surface area (Å²) in [5.74, 6) is -0.289. The lowest BCUT2D eigenvalue weighted by Gasteiger charge is -2.28. The number of ether oxygens (including phenoxy) is 2. The van der Waals surface area contributed by atoms with Crippen LogP contribution in [0.15, 0.2) is 50.8 Å². The zero-order valence-electron chi connectivity index (χ0n) is 26.3. The fourth-order valence-corrected chi connectivity index (χ4v) is 8.65. The molecule has 0 aliphatic carbocycles. The molecule has 4 rings (SSSR count). The molecular weight excluding hydrogens is 816 g/mol. The summed E-state index contributed by atoms with van der Waals surface area (Å²) in [4.78, 5) is 14.9. The SMILES string of the molecule is CC(C)=C(/C=C\C1=C(I)N(I)CCC1)CCCCC(P)[C@@H]1CCN(C(C(=O)O)c2cc(P)ccc2COC2CCOCC2)C1. The summed E-state index contributed by atoms with van der Waals surface area (Å²) in [5.41, 5.74) is 6.64. The summed E-state index contributed by atoms with van der Waals surface area (Å²) in [7, 11) is 5.83. The van der Waals surface area contributed by atoms with Gasteiger partial charge in [0.25, 0.3) is 0 Å². The van der Waals surface area contributed by atoms with Crippen molar-refractivity contribution in [2.75, 3.05) is 32.8 Å². The summed E-state index contributed by atoms with van der Waals surface area (Å²) in [6, 6.07) is 5.44. The summed E-state index contributed by atoms with van der Waals surface area (Å²) in [5, 5.41) is 11.4. The number of nitrogens with zero attached hydrogens (tertiary/aromatic N) is 2. The van der Waals surface area contributed by atoms with Crippen LogP contribution in [0.25, 0.3) is 0 Å². The molecule has 0 radical (unpaired) electrons. The third kappa shape index (κ3) is 10.7. The van der Waals surface area contributed by atoms with E-state index in [0.717, 1.165) is 87.8 Å². The number of carboxylic acids is 1. The average Bonchev–Trinajstić information content (AvgIpc) is 3.48. The number of hydrogen-bond donors (Lipinski definition) is 1. The van der Waals surface area contributed by atoms with Crippen LogP contribution in [0.2, 0.25) is 0 Å². The van der Waals surface area contributed by atoms with Crippen LogP contribution in [0.5, 0.6) is 0 Å². The highest BCUT2D eigenvalue weighted by Crippen LogP contribution is 2.36. The third-order valence-corrected chi connectivity index (χ3v) is 13.6. The van der Waals surface area contributed by atoms with E-state index in [1.54, 1.807) is 0 Å². The van der Waals surface area contributed by atoms with Crippen molar-refractivity contribution in [3.05, 3.63) is 61.9 Å². The van der Waals surface area contributed by atoms with E-state index in [0.29, 0.717) is 18.2 Å². The van der Waals surface area contributed by atoms with Crippen LogP contribution in [0, 0.1) is 5.92 Å². The van der Waals surface area contributed by atoms with Gasteiger partial charge in [-0.2, -0.15) is 0 Å². The molecular formula is C34H50I2N2O4P2.